The Balaban J connectivity index is 1.98. The van der Waals surface area contributed by atoms with E-state index in [1.165, 1.54) is 0 Å². The van der Waals surface area contributed by atoms with Crippen LogP contribution in [0.2, 0.25) is 0 Å². The van der Waals surface area contributed by atoms with Crippen LogP contribution in [0, 0.1) is 0 Å². The third-order valence-electron chi connectivity index (χ3n) is 2.97. The number of amides is 1. The number of nitrogens with zero attached hydrogens (tertiary/aromatic N) is 1. The first-order valence-electron chi connectivity index (χ1n) is 5.78. The monoisotopic (exact) mass is 235 g/mol. The van der Waals surface area contributed by atoms with Crippen LogP contribution in [-0.2, 0) is 16.0 Å². The van der Waals surface area contributed by atoms with E-state index in [1.54, 1.807) is 24.1 Å². The van der Waals surface area contributed by atoms with Crippen LogP contribution < -0.4 is 0 Å². The largest absolute Gasteiger partial charge is 0.508 e. The van der Waals surface area contributed by atoms with Crippen molar-refractivity contribution in [3.8, 4) is 5.75 Å². The van der Waals surface area contributed by atoms with Crippen molar-refractivity contribution >= 4 is 5.91 Å². The highest BCUT2D eigenvalue weighted by molar-refractivity contribution is 5.76. The van der Waals surface area contributed by atoms with Crippen molar-refractivity contribution in [3.05, 3.63) is 29.8 Å². The molecule has 1 atom stereocenters. The van der Waals surface area contributed by atoms with Crippen LogP contribution in [0.5, 0.6) is 5.75 Å². The van der Waals surface area contributed by atoms with Gasteiger partial charge in [0.25, 0.3) is 0 Å². The number of carbonyl (C=O) groups excluding carboxylic acids is 1. The molecule has 1 amide bonds. The molecular weight excluding hydrogens is 218 g/mol. The summed E-state index contributed by atoms with van der Waals surface area (Å²) in [7, 11) is 1.81. The normalized spacial score (nSPS) is 21.4. The third kappa shape index (κ3) is 3.20. The fourth-order valence-electron chi connectivity index (χ4n) is 1.98. The molecular formula is C13H17NO3. The zero-order valence-corrected chi connectivity index (χ0v) is 9.93. The van der Waals surface area contributed by atoms with Crippen LogP contribution in [0.15, 0.2) is 24.3 Å². The Morgan fingerprint density at radius 3 is 2.82 bits per heavy atom. The number of aromatic hydroxyl groups is 1. The van der Waals surface area contributed by atoms with Gasteiger partial charge in [0.1, 0.15) is 5.75 Å². The van der Waals surface area contributed by atoms with E-state index >= 15 is 0 Å². The predicted molar refractivity (Wildman–Crippen MR) is 63.8 cm³/mol. The Bertz CT molecular complexity index is 388. The lowest BCUT2D eigenvalue weighted by atomic mass is 10.1. The summed E-state index contributed by atoms with van der Waals surface area (Å²) < 4.78 is 5.65. The summed E-state index contributed by atoms with van der Waals surface area (Å²) in [5.41, 5.74) is 1.11. The first-order valence-corrected chi connectivity index (χ1v) is 5.78. The first-order chi connectivity index (χ1) is 8.15. The summed E-state index contributed by atoms with van der Waals surface area (Å²) in [6.45, 7) is 1.12. The number of phenolic OH excluding ortho intramolecular Hbond substituents is 1. The predicted octanol–water partition coefficient (Wildman–Crippen LogP) is 1.18. The number of benzene rings is 1. The van der Waals surface area contributed by atoms with E-state index in [4.69, 9.17) is 4.74 Å². The van der Waals surface area contributed by atoms with E-state index in [9.17, 15) is 9.90 Å². The summed E-state index contributed by atoms with van der Waals surface area (Å²) in [5.74, 6) is 0.404. The number of likely N-dealkylation sites (N-methyl/N-ethyl adjacent to an activating group) is 1. The van der Waals surface area contributed by atoms with E-state index in [0.29, 0.717) is 19.6 Å². The quantitative estimate of drug-likeness (QED) is 0.837. The SMILES string of the molecule is CN1CC(Cc2ccc(O)cc2)OCCC1=O. The van der Waals surface area contributed by atoms with Gasteiger partial charge in [-0.25, -0.2) is 0 Å². The molecule has 1 aromatic carbocycles. The van der Waals surface area contributed by atoms with Crippen molar-refractivity contribution in [2.24, 2.45) is 0 Å². The molecule has 92 valence electrons. The molecule has 1 fully saturated rings. The molecule has 0 spiro atoms. The van der Waals surface area contributed by atoms with E-state index in [1.807, 2.05) is 12.1 Å². The maximum Gasteiger partial charge on any atom is 0.224 e. The van der Waals surface area contributed by atoms with Crippen LogP contribution >= 0.6 is 0 Å². The summed E-state index contributed by atoms with van der Waals surface area (Å²) in [6, 6.07) is 7.10. The van der Waals surface area contributed by atoms with Gasteiger partial charge in [0.15, 0.2) is 0 Å². The maximum atomic E-state index is 11.5. The molecule has 1 aliphatic rings. The number of hydrogen-bond donors (Lipinski definition) is 1. The standard InChI is InChI=1S/C13H17NO3/c1-14-9-12(17-7-6-13(14)16)8-10-2-4-11(15)5-3-10/h2-5,12,15H,6-9H2,1H3. The summed E-state index contributed by atoms with van der Waals surface area (Å²) in [5, 5.41) is 9.20. The van der Waals surface area contributed by atoms with Gasteiger partial charge in [-0.15, -0.1) is 0 Å². The molecule has 4 nitrogen and oxygen atoms in total. The van der Waals surface area contributed by atoms with Crippen LogP contribution in [-0.4, -0.2) is 42.2 Å². The van der Waals surface area contributed by atoms with Gasteiger partial charge in [-0.2, -0.15) is 0 Å². The molecule has 0 radical (unpaired) electrons. The van der Waals surface area contributed by atoms with E-state index in [0.717, 1.165) is 12.0 Å². The maximum absolute atomic E-state index is 11.5. The zero-order valence-electron chi connectivity index (χ0n) is 9.93. The lowest BCUT2D eigenvalue weighted by molar-refractivity contribution is -0.129. The van der Waals surface area contributed by atoms with Gasteiger partial charge in [0.05, 0.1) is 19.1 Å². The average molecular weight is 235 g/mol. The molecule has 0 aromatic heterocycles. The van der Waals surface area contributed by atoms with E-state index < -0.39 is 0 Å². The number of phenols is 1. The van der Waals surface area contributed by atoms with Crippen molar-refractivity contribution in [3.63, 3.8) is 0 Å². The van der Waals surface area contributed by atoms with Crippen molar-refractivity contribution < 1.29 is 14.6 Å². The van der Waals surface area contributed by atoms with Crippen molar-refractivity contribution in [2.75, 3.05) is 20.2 Å². The molecule has 0 aliphatic carbocycles. The smallest absolute Gasteiger partial charge is 0.224 e. The highest BCUT2D eigenvalue weighted by Gasteiger charge is 2.20. The molecule has 1 N–H and O–H groups in total. The number of hydrogen-bond acceptors (Lipinski definition) is 3. The van der Waals surface area contributed by atoms with Gasteiger partial charge in [0, 0.05) is 20.0 Å². The number of ether oxygens (including phenoxy) is 1. The molecule has 1 saturated heterocycles. The van der Waals surface area contributed by atoms with Crippen molar-refractivity contribution in [1.29, 1.82) is 0 Å². The lowest BCUT2D eigenvalue weighted by Crippen LogP contribution is -2.32. The number of carbonyl (C=O) groups is 1. The van der Waals surface area contributed by atoms with E-state index in [2.05, 4.69) is 0 Å². The Hall–Kier alpha value is -1.55. The lowest BCUT2D eigenvalue weighted by Gasteiger charge is -2.20. The van der Waals surface area contributed by atoms with E-state index in [-0.39, 0.29) is 17.8 Å². The topological polar surface area (TPSA) is 49.8 Å². The minimum Gasteiger partial charge on any atom is -0.508 e. The molecule has 2 rings (SSSR count). The first kappa shape index (κ1) is 11.9. The molecule has 17 heavy (non-hydrogen) atoms. The number of rotatable bonds is 2. The second-order valence-corrected chi connectivity index (χ2v) is 4.39. The van der Waals surface area contributed by atoms with Gasteiger partial charge in [-0.3, -0.25) is 4.79 Å². The van der Waals surface area contributed by atoms with Crippen molar-refractivity contribution in [2.45, 2.75) is 18.9 Å². The summed E-state index contributed by atoms with van der Waals surface area (Å²) in [4.78, 5) is 13.2. The minimum atomic E-state index is 0.0380. The second-order valence-electron chi connectivity index (χ2n) is 4.39. The summed E-state index contributed by atoms with van der Waals surface area (Å²) >= 11 is 0. The molecule has 0 saturated carbocycles. The van der Waals surface area contributed by atoms with Gasteiger partial charge >= 0.3 is 0 Å². The average Bonchev–Trinajstić information content (AvgIpc) is 2.45. The van der Waals surface area contributed by atoms with Crippen LogP contribution in [0.3, 0.4) is 0 Å². The Morgan fingerprint density at radius 1 is 1.41 bits per heavy atom. The molecule has 1 unspecified atom stereocenters. The minimum absolute atomic E-state index is 0.0380. The Labute approximate surface area is 101 Å². The fraction of sp³-hybridized carbons (Fsp3) is 0.462. The van der Waals surface area contributed by atoms with Crippen molar-refractivity contribution in [1.82, 2.24) is 4.90 Å². The van der Waals surface area contributed by atoms with Gasteiger partial charge in [-0.05, 0) is 17.7 Å². The second kappa shape index (κ2) is 5.19. The summed E-state index contributed by atoms with van der Waals surface area (Å²) in [6.07, 6.45) is 1.26. The highest BCUT2D eigenvalue weighted by atomic mass is 16.5. The molecule has 0 bridgehead atoms. The highest BCUT2D eigenvalue weighted by Crippen LogP contribution is 2.14. The molecule has 4 heteroatoms. The molecule has 1 aliphatic heterocycles. The third-order valence-corrected chi connectivity index (χ3v) is 2.97. The molecule has 1 heterocycles. The van der Waals surface area contributed by atoms with Gasteiger partial charge < -0.3 is 14.7 Å². The van der Waals surface area contributed by atoms with Gasteiger partial charge in [0.2, 0.25) is 5.91 Å². The Kier molecular flexibility index (Phi) is 3.64. The fourth-order valence-corrected chi connectivity index (χ4v) is 1.98. The Morgan fingerprint density at radius 2 is 2.12 bits per heavy atom. The van der Waals surface area contributed by atoms with Gasteiger partial charge in [-0.1, -0.05) is 12.1 Å². The molecule has 1 aromatic rings. The van der Waals surface area contributed by atoms with Crippen LogP contribution in [0.1, 0.15) is 12.0 Å². The van der Waals surface area contributed by atoms with Crippen LogP contribution in [0.25, 0.3) is 0 Å². The zero-order chi connectivity index (χ0) is 12.3. The van der Waals surface area contributed by atoms with Crippen LogP contribution in [0.4, 0.5) is 0 Å².